The van der Waals surface area contributed by atoms with Crippen LogP contribution in [0.3, 0.4) is 0 Å². The number of hydrogen-bond donors (Lipinski definition) is 1. The average molecular weight is 198 g/mol. The molecule has 1 saturated carbocycles. The molecule has 0 aromatic heterocycles. The van der Waals surface area contributed by atoms with Gasteiger partial charge in [-0.25, -0.2) is 8.78 Å². The van der Waals surface area contributed by atoms with Crippen molar-refractivity contribution >= 4 is 0 Å². The largest absolute Gasteiger partial charge is 0.385 e. The van der Waals surface area contributed by atoms with Crippen LogP contribution in [0.15, 0.2) is 18.2 Å². The molecule has 1 N–H and O–H groups in total. The Morgan fingerprint density at radius 2 is 1.79 bits per heavy atom. The first-order valence-corrected chi connectivity index (χ1v) is 4.70. The minimum Gasteiger partial charge on any atom is -0.385 e. The summed E-state index contributed by atoms with van der Waals surface area (Å²) < 4.78 is 26.6. The standard InChI is InChI=1S/C11H12F2O/c1-7-5-11(14,6-7)10-8(12)3-2-4-9(10)13/h2-4,7,14H,5-6H2,1H3. The molecular formula is C11H12F2O. The lowest BCUT2D eigenvalue weighted by Crippen LogP contribution is -2.41. The molecule has 14 heavy (non-hydrogen) atoms. The highest BCUT2D eigenvalue weighted by Crippen LogP contribution is 2.46. The second-order valence-electron chi connectivity index (χ2n) is 4.14. The second kappa shape index (κ2) is 3.02. The van der Waals surface area contributed by atoms with E-state index in [0.717, 1.165) is 0 Å². The fourth-order valence-electron chi connectivity index (χ4n) is 2.24. The Hall–Kier alpha value is -0.960. The zero-order valence-electron chi connectivity index (χ0n) is 7.93. The summed E-state index contributed by atoms with van der Waals surface area (Å²) in [4.78, 5) is 0. The summed E-state index contributed by atoms with van der Waals surface area (Å²) in [5.74, 6) is -0.974. The predicted molar refractivity (Wildman–Crippen MR) is 48.7 cm³/mol. The van der Waals surface area contributed by atoms with E-state index in [0.29, 0.717) is 18.8 Å². The van der Waals surface area contributed by atoms with Crippen molar-refractivity contribution in [1.29, 1.82) is 0 Å². The van der Waals surface area contributed by atoms with Crippen molar-refractivity contribution in [3.05, 3.63) is 35.4 Å². The summed E-state index contributed by atoms with van der Waals surface area (Å²) in [5, 5.41) is 9.93. The van der Waals surface area contributed by atoms with Crippen LogP contribution >= 0.6 is 0 Å². The Balaban J connectivity index is 2.41. The maximum atomic E-state index is 13.3. The molecule has 1 fully saturated rings. The molecule has 0 aliphatic heterocycles. The van der Waals surface area contributed by atoms with Crippen LogP contribution in [-0.2, 0) is 5.60 Å². The van der Waals surface area contributed by atoms with E-state index >= 15 is 0 Å². The van der Waals surface area contributed by atoms with Crippen LogP contribution in [0.2, 0.25) is 0 Å². The number of benzene rings is 1. The monoisotopic (exact) mass is 198 g/mol. The van der Waals surface area contributed by atoms with E-state index in [9.17, 15) is 13.9 Å². The Morgan fingerprint density at radius 1 is 1.29 bits per heavy atom. The van der Waals surface area contributed by atoms with Crippen LogP contribution < -0.4 is 0 Å². The van der Waals surface area contributed by atoms with E-state index in [1.807, 2.05) is 6.92 Å². The van der Waals surface area contributed by atoms with Crippen LogP contribution in [0.1, 0.15) is 25.3 Å². The molecule has 0 heterocycles. The van der Waals surface area contributed by atoms with Gasteiger partial charge in [-0.05, 0) is 30.9 Å². The maximum absolute atomic E-state index is 13.3. The van der Waals surface area contributed by atoms with Crippen LogP contribution in [0.25, 0.3) is 0 Å². The Morgan fingerprint density at radius 3 is 2.21 bits per heavy atom. The number of hydrogen-bond acceptors (Lipinski definition) is 1. The normalized spacial score (nSPS) is 31.3. The predicted octanol–water partition coefficient (Wildman–Crippen LogP) is 2.58. The quantitative estimate of drug-likeness (QED) is 0.735. The molecule has 1 aromatic carbocycles. The highest BCUT2D eigenvalue weighted by Gasteiger charge is 2.44. The summed E-state index contributed by atoms with van der Waals surface area (Å²) in [6, 6.07) is 3.67. The first-order valence-electron chi connectivity index (χ1n) is 4.70. The molecular weight excluding hydrogens is 186 g/mol. The SMILES string of the molecule is CC1CC(O)(c2c(F)cccc2F)C1. The van der Waals surface area contributed by atoms with Gasteiger partial charge in [0.1, 0.15) is 11.6 Å². The maximum Gasteiger partial charge on any atom is 0.132 e. The molecule has 0 spiro atoms. The Bertz CT molecular complexity index is 336. The van der Waals surface area contributed by atoms with Gasteiger partial charge in [0.15, 0.2) is 0 Å². The first-order chi connectivity index (χ1) is 6.53. The topological polar surface area (TPSA) is 20.2 Å². The molecule has 0 amide bonds. The van der Waals surface area contributed by atoms with Crippen molar-refractivity contribution in [2.75, 3.05) is 0 Å². The molecule has 2 rings (SSSR count). The molecule has 0 unspecified atom stereocenters. The molecule has 3 heteroatoms. The Labute approximate surface area is 81.4 Å². The molecule has 0 saturated heterocycles. The van der Waals surface area contributed by atoms with E-state index in [-0.39, 0.29) is 5.56 Å². The van der Waals surface area contributed by atoms with E-state index in [1.165, 1.54) is 18.2 Å². The lowest BCUT2D eigenvalue weighted by Gasteiger charge is -2.42. The summed E-state index contributed by atoms with van der Waals surface area (Å²) in [6.45, 7) is 1.95. The third-order valence-electron chi connectivity index (χ3n) is 2.80. The molecule has 1 nitrogen and oxygen atoms in total. The van der Waals surface area contributed by atoms with Crippen molar-refractivity contribution in [2.24, 2.45) is 5.92 Å². The van der Waals surface area contributed by atoms with Gasteiger partial charge in [0.25, 0.3) is 0 Å². The highest BCUT2D eigenvalue weighted by molar-refractivity contribution is 5.28. The Kier molecular flexibility index (Phi) is 2.07. The van der Waals surface area contributed by atoms with Gasteiger partial charge < -0.3 is 5.11 Å². The molecule has 1 aliphatic rings. The van der Waals surface area contributed by atoms with Gasteiger partial charge in [0.05, 0.1) is 11.2 Å². The van der Waals surface area contributed by atoms with Crippen molar-refractivity contribution in [3.8, 4) is 0 Å². The van der Waals surface area contributed by atoms with Gasteiger partial charge in [-0.2, -0.15) is 0 Å². The molecule has 1 aromatic rings. The number of rotatable bonds is 1. The van der Waals surface area contributed by atoms with E-state index < -0.39 is 17.2 Å². The smallest absolute Gasteiger partial charge is 0.132 e. The summed E-state index contributed by atoms with van der Waals surface area (Å²) in [6.07, 6.45) is 0.871. The number of halogens is 2. The van der Waals surface area contributed by atoms with Crippen LogP contribution in [0.5, 0.6) is 0 Å². The summed E-state index contributed by atoms with van der Waals surface area (Å²) in [7, 11) is 0. The van der Waals surface area contributed by atoms with Crippen molar-refractivity contribution in [3.63, 3.8) is 0 Å². The lowest BCUT2D eigenvalue weighted by atomic mass is 9.68. The minimum atomic E-state index is -1.28. The van der Waals surface area contributed by atoms with Crippen molar-refractivity contribution in [1.82, 2.24) is 0 Å². The van der Waals surface area contributed by atoms with Gasteiger partial charge in [0.2, 0.25) is 0 Å². The first kappa shape index (κ1) is 9.59. The third-order valence-corrected chi connectivity index (χ3v) is 2.80. The van der Waals surface area contributed by atoms with E-state index in [4.69, 9.17) is 0 Å². The average Bonchev–Trinajstić information content (AvgIpc) is 2.00. The third kappa shape index (κ3) is 1.32. The van der Waals surface area contributed by atoms with E-state index in [1.54, 1.807) is 0 Å². The molecule has 0 atom stereocenters. The lowest BCUT2D eigenvalue weighted by molar-refractivity contribution is -0.0788. The van der Waals surface area contributed by atoms with Gasteiger partial charge >= 0.3 is 0 Å². The zero-order valence-corrected chi connectivity index (χ0v) is 7.93. The molecule has 76 valence electrons. The molecule has 0 radical (unpaired) electrons. The van der Waals surface area contributed by atoms with Gasteiger partial charge in [-0.15, -0.1) is 0 Å². The highest BCUT2D eigenvalue weighted by atomic mass is 19.1. The van der Waals surface area contributed by atoms with Gasteiger partial charge in [-0.3, -0.25) is 0 Å². The minimum absolute atomic E-state index is 0.168. The van der Waals surface area contributed by atoms with Crippen molar-refractivity contribution in [2.45, 2.75) is 25.4 Å². The van der Waals surface area contributed by atoms with Crippen LogP contribution in [0.4, 0.5) is 8.78 Å². The van der Waals surface area contributed by atoms with Gasteiger partial charge in [-0.1, -0.05) is 13.0 Å². The van der Waals surface area contributed by atoms with E-state index in [2.05, 4.69) is 0 Å². The summed E-state index contributed by atoms with van der Waals surface area (Å²) in [5.41, 5.74) is -1.45. The zero-order chi connectivity index (χ0) is 10.3. The number of aliphatic hydroxyl groups is 1. The fourth-order valence-corrected chi connectivity index (χ4v) is 2.24. The summed E-state index contributed by atoms with van der Waals surface area (Å²) >= 11 is 0. The second-order valence-corrected chi connectivity index (χ2v) is 4.14. The van der Waals surface area contributed by atoms with Crippen LogP contribution in [-0.4, -0.2) is 5.11 Å². The fraction of sp³-hybridized carbons (Fsp3) is 0.455. The van der Waals surface area contributed by atoms with Gasteiger partial charge in [0, 0.05) is 0 Å². The molecule has 0 bridgehead atoms. The van der Waals surface area contributed by atoms with Crippen molar-refractivity contribution < 1.29 is 13.9 Å². The van der Waals surface area contributed by atoms with Crippen LogP contribution in [0, 0.1) is 17.6 Å². The molecule has 1 aliphatic carbocycles.